The molecule has 7 N–H and O–H groups in total. The Morgan fingerprint density at radius 3 is 1.95 bits per heavy atom. The quantitative estimate of drug-likeness (QED) is 0.216. The molecule has 3 rings (SSSR count). The highest BCUT2D eigenvalue weighted by atomic mass is 16.6. The Kier molecular flexibility index (Phi) is 12.1. The second-order valence-electron chi connectivity index (χ2n) is 10.3. The van der Waals surface area contributed by atoms with Crippen molar-refractivity contribution >= 4 is 41.3 Å². The molecule has 2 aromatic rings. The van der Waals surface area contributed by atoms with E-state index in [4.69, 9.17) is 15.2 Å². The van der Waals surface area contributed by atoms with Crippen LogP contribution in [0.15, 0.2) is 72.3 Å². The fraction of sp³-hybridized carbons (Fsp3) is 0.367. The molecule has 0 saturated carbocycles. The molecule has 230 valence electrons. The molecular formula is C30H38N6O7. The number of rotatable bonds is 12. The lowest BCUT2D eigenvalue weighted by Gasteiger charge is -2.36. The molecule has 0 bridgehead atoms. The maximum atomic E-state index is 13.3. The molecule has 4 unspecified atom stereocenters. The molecule has 43 heavy (non-hydrogen) atoms. The summed E-state index contributed by atoms with van der Waals surface area (Å²) in [6.45, 7) is 3.51. The third-order valence-electron chi connectivity index (χ3n) is 6.46. The van der Waals surface area contributed by atoms with Crippen molar-refractivity contribution in [1.82, 2.24) is 16.0 Å². The van der Waals surface area contributed by atoms with Crippen LogP contribution in [0.1, 0.15) is 26.7 Å². The van der Waals surface area contributed by atoms with Crippen LogP contribution >= 0.6 is 0 Å². The topological polar surface area (TPSA) is 190 Å². The Bertz CT molecular complexity index is 1300. The van der Waals surface area contributed by atoms with Gasteiger partial charge < -0.3 is 31.2 Å². The zero-order valence-electron chi connectivity index (χ0n) is 24.3. The van der Waals surface area contributed by atoms with Crippen molar-refractivity contribution in [3.63, 3.8) is 0 Å². The highest BCUT2D eigenvalue weighted by Gasteiger charge is 2.42. The van der Waals surface area contributed by atoms with Gasteiger partial charge in [0.05, 0.1) is 18.6 Å². The van der Waals surface area contributed by atoms with E-state index in [1.54, 1.807) is 67.7 Å². The second kappa shape index (κ2) is 15.9. The molecule has 0 heterocycles. The summed E-state index contributed by atoms with van der Waals surface area (Å²) in [5, 5.41) is 13.4. The van der Waals surface area contributed by atoms with E-state index >= 15 is 0 Å². The van der Waals surface area contributed by atoms with Crippen molar-refractivity contribution in [3.8, 4) is 0 Å². The number of likely N-dealkylation sites (N-methyl/N-ethyl adjacent to an activating group) is 1. The van der Waals surface area contributed by atoms with Gasteiger partial charge in [0.25, 0.3) is 0 Å². The summed E-state index contributed by atoms with van der Waals surface area (Å²) >= 11 is 0. The normalized spacial score (nSPS) is 18.4. The van der Waals surface area contributed by atoms with Gasteiger partial charge in [-0.1, -0.05) is 50.2 Å². The molecule has 1 aliphatic carbocycles. The molecule has 0 fully saturated rings. The number of hydrogen-bond acceptors (Lipinski definition) is 8. The van der Waals surface area contributed by atoms with Gasteiger partial charge in [-0.05, 0) is 49.7 Å². The molecular weight excluding hydrogens is 556 g/mol. The van der Waals surface area contributed by atoms with Gasteiger partial charge in [0, 0.05) is 23.4 Å². The third kappa shape index (κ3) is 10.5. The van der Waals surface area contributed by atoms with Crippen LogP contribution in [0.25, 0.3) is 0 Å². The number of nitrogens with one attached hydrogen (secondary N) is 5. The van der Waals surface area contributed by atoms with Crippen molar-refractivity contribution in [2.75, 3.05) is 24.2 Å². The summed E-state index contributed by atoms with van der Waals surface area (Å²) < 4.78 is 11.4. The van der Waals surface area contributed by atoms with Crippen LogP contribution in [0.3, 0.4) is 0 Å². The van der Waals surface area contributed by atoms with Gasteiger partial charge in [-0.2, -0.15) is 0 Å². The average Bonchev–Trinajstić information content (AvgIpc) is 2.96. The summed E-state index contributed by atoms with van der Waals surface area (Å²) in [6, 6.07) is 15.4. The van der Waals surface area contributed by atoms with E-state index in [0.717, 1.165) is 0 Å². The molecule has 13 heteroatoms. The molecule has 5 amide bonds. The SMILES string of the molecule is CNC(CC(C)C)C(=O)NC1C=C(C(=O)NCC(N)=O)CC(OC(=O)Nc2ccccc2)C1OC(=O)Nc1ccccc1. The van der Waals surface area contributed by atoms with Gasteiger partial charge in [0.2, 0.25) is 17.7 Å². The van der Waals surface area contributed by atoms with Crippen LogP contribution in [0.2, 0.25) is 0 Å². The van der Waals surface area contributed by atoms with E-state index in [9.17, 15) is 24.0 Å². The number of benzene rings is 2. The largest absolute Gasteiger partial charge is 0.442 e. The van der Waals surface area contributed by atoms with Crippen molar-refractivity contribution < 1.29 is 33.4 Å². The standard InChI is InChI=1S/C30H38N6O7/c1-18(2)14-23(32-3)28(39)36-22-15-19(27(38)33-17-25(31)37)16-24(42-29(40)34-20-10-6-4-7-11-20)26(22)43-30(41)35-21-12-8-5-9-13-21/h4-13,15,18,22-24,26,32H,14,16-17H2,1-3H3,(H2,31,37)(H,33,38)(H,34,40)(H,35,41)(H,36,39). The zero-order chi connectivity index (χ0) is 31.4. The van der Waals surface area contributed by atoms with Gasteiger partial charge in [-0.15, -0.1) is 0 Å². The van der Waals surface area contributed by atoms with Crippen LogP contribution < -0.4 is 32.3 Å². The lowest BCUT2D eigenvalue weighted by Crippen LogP contribution is -2.57. The van der Waals surface area contributed by atoms with Crippen molar-refractivity contribution in [3.05, 3.63) is 72.3 Å². The number of nitrogens with two attached hydrogens (primary N) is 1. The summed E-state index contributed by atoms with van der Waals surface area (Å²) in [4.78, 5) is 63.5. The van der Waals surface area contributed by atoms with Crippen LogP contribution in [-0.4, -0.2) is 67.8 Å². The first kappa shape index (κ1) is 32.6. The lowest BCUT2D eigenvalue weighted by molar-refractivity contribution is -0.126. The minimum absolute atomic E-state index is 0.0947. The number of ether oxygens (including phenoxy) is 2. The Morgan fingerprint density at radius 1 is 0.884 bits per heavy atom. The summed E-state index contributed by atoms with van der Waals surface area (Å²) in [5.74, 6) is -1.65. The summed E-state index contributed by atoms with van der Waals surface area (Å²) in [7, 11) is 1.65. The van der Waals surface area contributed by atoms with E-state index in [1.165, 1.54) is 6.08 Å². The average molecular weight is 595 g/mol. The van der Waals surface area contributed by atoms with E-state index in [2.05, 4.69) is 26.6 Å². The number of primary amides is 1. The molecule has 0 spiro atoms. The van der Waals surface area contributed by atoms with Gasteiger partial charge in [0.15, 0.2) is 6.10 Å². The van der Waals surface area contributed by atoms with Crippen LogP contribution in [-0.2, 0) is 23.9 Å². The summed E-state index contributed by atoms with van der Waals surface area (Å²) in [6.07, 6.45) is -2.45. The Balaban J connectivity index is 1.93. The Morgan fingerprint density at radius 2 is 1.44 bits per heavy atom. The maximum absolute atomic E-state index is 13.3. The fourth-order valence-electron chi connectivity index (χ4n) is 4.47. The molecule has 0 saturated heterocycles. The minimum atomic E-state index is -1.24. The van der Waals surface area contributed by atoms with Gasteiger partial charge in [-0.3, -0.25) is 25.0 Å². The number of amides is 5. The van der Waals surface area contributed by atoms with E-state index in [1.807, 2.05) is 13.8 Å². The maximum Gasteiger partial charge on any atom is 0.412 e. The van der Waals surface area contributed by atoms with Gasteiger partial charge >= 0.3 is 12.2 Å². The second-order valence-corrected chi connectivity index (χ2v) is 10.3. The number of hydrogen-bond donors (Lipinski definition) is 6. The Hall–Kier alpha value is -4.91. The smallest absolute Gasteiger partial charge is 0.412 e. The number of carbonyl (C=O) groups excluding carboxylic acids is 5. The monoisotopic (exact) mass is 594 g/mol. The van der Waals surface area contributed by atoms with Crippen molar-refractivity contribution in [2.24, 2.45) is 11.7 Å². The predicted molar refractivity (Wildman–Crippen MR) is 160 cm³/mol. The number of para-hydroxylation sites is 2. The van der Waals surface area contributed by atoms with Crippen molar-refractivity contribution in [2.45, 2.75) is 51.0 Å². The highest BCUT2D eigenvalue weighted by molar-refractivity contribution is 5.96. The van der Waals surface area contributed by atoms with Gasteiger partial charge in [0.1, 0.15) is 6.10 Å². The summed E-state index contributed by atoms with van der Waals surface area (Å²) in [5.41, 5.74) is 6.18. The van der Waals surface area contributed by atoms with E-state index < -0.39 is 60.7 Å². The molecule has 2 aromatic carbocycles. The van der Waals surface area contributed by atoms with E-state index in [0.29, 0.717) is 17.8 Å². The highest BCUT2D eigenvalue weighted by Crippen LogP contribution is 2.27. The first-order chi connectivity index (χ1) is 20.5. The minimum Gasteiger partial charge on any atom is -0.442 e. The van der Waals surface area contributed by atoms with Crippen LogP contribution in [0, 0.1) is 5.92 Å². The lowest BCUT2D eigenvalue weighted by atomic mass is 9.89. The van der Waals surface area contributed by atoms with Gasteiger partial charge in [-0.25, -0.2) is 9.59 Å². The van der Waals surface area contributed by atoms with Crippen LogP contribution in [0.5, 0.6) is 0 Å². The first-order valence-electron chi connectivity index (χ1n) is 13.9. The predicted octanol–water partition coefficient (Wildman–Crippen LogP) is 2.27. The Labute approximate surface area is 249 Å². The molecule has 13 nitrogen and oxygen atoms in total. The number of carbonyl (C=O) groups is 5. The molecule has 0 aliphatic heterocycles. The molecule has 0 aromatic heterocycles. The third-order valence-corrected chi connectivity index (χ3v) is 6.46. The first-order valence-corrected chi connectivity index (χ1v) is 13.9. The van der Waals surface area contributed by atoms with Crippen molar-refractivity contribution in [1.29, 1.82) is 0 Å². The molecule has 1 aliphatic rings. The fourth-order valence-corrected chi connectivity index (χ4v) is 4.47. The molecule has 4 atom stereocenters. The zero-order valence-corrected chi connectivity index (χ0v) is 24.3. The van der Waals surface area contributed by atoms with E-state index in [-0.39, 0.29) is 17.9 Å². The number of anilines is 2. The van der Waals surface area contributed by atoms with Crippen LogP contribution in [0.4, 0.5) is 21.0 Å². The molecule has 0 radical (unpaired) electrons.